The molecule has 29 heavy (non-hydrogen) atoms. The van der Waals surface area contributed by atoms with Crippen LogP contribution in [-0.2, 0) is 0 Å². The molecule has 0 aliphatic heterocycles. The second-order valence-corrected chi connectivity index (χ2v) is 9.51. The third-order valence-corrected chi connectivity index (χ3v) is 7.35. The van der Waals surface area contributed by atoms with Crippen molar-refractivity contribution in [1.29, 1.82) is 5.26 Å². The number of allylic oxidation sites excluding steroid dienone is 1. The van der Waals surface area contributed by atoms with Gasteiger partial charge in [-0.2, -0.15) is 5.26 Å². The fourth-order valence-corrected chi connectivity index (χ4v) is 5.53. The molecule has 0 amide bonds. The lowest BCUT2D eigenvalue weighted by Gasteiger charge is -2.12. The van der Waals surface area contributed by atoms with Gasteiger partial charge >= 0.3 is 0 Å². The first-order valence-electron chi connectivity index (χ1n) is 8.76. The summed E-state index contributed by atoms with van der Waals surface area (Å²) >= 11 is 15.6. The van der Waals surface area contributed by atoms with Gasteiger partial charge in [-0.3, -0.25) is 0 Å². The van der Waals surface area contributed by atoms with Crippen molar-refractivity contribution in [2.75, 3.05) is 0 Å². The highest BCUT2D eigenvalue weighted by atomic mass is 35.5. The Morgan fingerprint density at radius 2 is 1.97 bits per heavy atom. The Balaban J connectivity index is 1.71. The number of nitriles is 1. The maximum Gasteiger partial charge on any atom is 0.156 e. The topological polar surface area (TPSA) is 41.6 Å². The zero-order chi connectivity index (χ0) is 20.5. The van der Waals surface area contributed by atoms with E-state index in [1.165, 1.54) is 11.8 Å². The van der Waals surface area contributed by atoms with Crippen molar-refractivity contribution in [1.82, 2.24) is 9.55 Å². The molecule has 0 unspecified atom stereocenters. The van der Waals surface area contributed by atoms with Gasteiger partial charge in [0.05, 0.1) is 30.9 Å². The molecule has 4 aromatic rings. The molecule has 0 spiro atoms. The second-order valence-electron chi connectivity index (χ2n) is 6.40. The third kappa shape index (κ3) is 3.94. The highest BCUT2D eigenvalue weighted by Gasteiger charge is 2.15. The van der Waals surface area contributed by atoms with Crippen molar-refractivity contribution >= 4 is 62.6 Å². The fraction of sp³-hybridized carbons (Fsp3) is 0.0909. The monoisotopic (exact) mass is 455 g/mol. The summed E-state index contributed by atoms with van der Waals surface area (Å²) in [5.41, 5.74) is 4.74. The van der Waals surface area contributed by atoms with Gasteiger partial charge in [0, 0.05) is 11.4 Å². The number of hydrogen-bond donors (Lipinski definition) is 0. The molecule has 0 aliphatic rings. The van der Waals surface area contributed by atoms with E-state index in [2.05, 4.69) is 15.6 Å². The van der Waals surface area contributed by atoms with Gasteiger partial charge in [0.2, 0.25) is 0 Å². The molecule has 4 rings (SSSR count). The van der Waals surface area contributed by atoms with Gasteiger partial charge in [0.1, 0.15) is 6.07 Å². The molecule has 0 radical (unpaired) electrons. The summed E-state index contributed by atoms with van der Waals surface area (Å²) in [7, 11) is 0. The highest BCUT2D eigenvalue weighted by Crippen LogP contribution is 2.36. The van der Waals surface area contributed by atoms with E-state index in [0.29, 0.717) is 15.0 Å². The summed E-state index contributed by atoms with van der Waals surface area (Å²) in [5, 5.41) is 10.7. The van der Waals surface area contributed by atoms with Crippen LogP contribution in [0.5, 0.6) is 0 Å². The zero-order valence-electron chi connectivity index (χ0n) is 15.6. The third-order valence-electron chi connectivity index (χ3n) is 4.51. The lowest BCUT2D eigenvalue weighted by molar-refractivity contribution is 0.965. The van der Waals surface area contributed by atoms with Gasteiger partial charge in [-0.25, -0.2) is 4.98 Å². The van der Waals surface area contributed by atoms with Crippen molar-refractivity contribution in [2.45, 2.75) is 18.2 Å². The average Bonchev–Trinajstić information content (AvgIpc) is 3.23. The van der Waals surface area contributed by atoms with Crippen molar-refractivity contribution in [3.05, 3.63) is 80.4 Å². The lowest BCUT2D eigenvalue weighted by atomic mass is 10.2. The van der Waals surface area contributed by atoms with Crippen LogP contribution in [0.25, 0.3) is 22.0 Å². The van der Waals surface area contributed by atoms with Gasteiger partial charge in [0.25, 0.3) is 0 Å². The van der Waals surface area contributed by atoms with Crippen LogP contribution in [0.15, 0.2) is 57.8 Å². The molecule has 0 atom stereocenters. The molecule has 3 nitrogen and oxygen atoms in total. The largest absolute Gasteiger partial charge is 0.316 e. The number of rotatable bonds is 4. The van der Waals surface area contributed by atoms with Gasteiger partial charge in [0.15, 0.2) is 4.34 Å². The van der Waals surface area contributed by atoms with Crippen LogP contribution in [0.3, 0.4) is 0 Å². The van der Waals surface area contributed by atoms with Crippen LogP contribution in [0.4, 0.5) is 0 Å². The Bertz CT molecular complexity index is 1260. The van der Waals surface area contributed by atoms with Crippen LogP contribution in [0.2, 0.25) is 10.0 Å². The molecule has 0 bridgehead atoms. The molecule has 0 saturated heterocycles. The molecular formula is C22H15Cl2N3S2. The first kappa shape index (κ1) is 20.1. The van der Waals surface area contributed by atoms with Crippen molar-refractivity contribution in [3.63, 3.8) is 0 Å². The van der Waals surface area contributed by atoms with Crippen LogP contribution >= 0.6 is 46.3 Å². The Hall–Kier alpha value is -2.23. The van der Waals surface area contributed by atoms with Crippen molar-refractivity contribution in [3.8, 4) is 11.8 Å². The van der Waals surface area contributed by atoms with Crippen molar-refractivity contribution in [2.24, 2.45) is 0 Å². The molecule has 144 valence electrons. The summed E-state index contributed by atoms with van der Waals surface area (Å²) in [6.45, 7) is 4.02. The molecule has 2 aromatic carbocycles. The molecule has 7 heteroatoms. The van der Waals surface area contributed by atoms with Gasteiger partial charge in [-0.05, 0) is 67.6 Å². The quantitative estimate of drug-likeness (QED) is 0.234. The summed E-state index contributed by atoms with van der Waals surface area (Å²) < 4.78 is 4.02. The highest BCUT2D eigenvalue weighted by molar-refractivity contribution is 8.05. The average molecular weight is 456 g/mol. The van der Waals surface area contributed by atoms with E-state index in [4.69, 9.17) is 23.2 Å². The van der Waals surface area contributed by atoms with E-state index in [1.54, 1.807) is 17.4 Å². The standard InChI is InChI=1S/C22H15Cl2N3S2/c1-13-10-15(14(2)27(13)19-8-5-6-17(23)21(19)24)11-16(12-25)28-22-26-18-7-3-4-9-20(18)29-22/h3-11H,1-2H3. The van der Waals surface area contributed by atoms with Crippen LogP contribution in [0, 0.1) is 25.2 Å². The lowest BCUT2D eigenvalue weighted by Crippen LogP contribution is -2.00. The first-order valence-corrected chi connectivity index (χ1v) is 11.2. The van der Waals surface area contributed by atoms with E-state index in [0.717, 1.165) is 37.2 Å². The minimum absolute atomic E-state index is 0.510. The number of aromatic nitrogens is 2. The second kappa shape index (κ2) is 8.25. The first-order chi connectivity index (χ1) is 14.0. The predicted molar refractivity (Wildman–Crippen MR) is 124 cm³/mol. The van der Waals surface area contributed by atoms with E-state index in [-0.39, 0.29) is 0 Å². The van der Waals surface area contributed by atoms with Crippen LogP contribution in [-0.4, -0.2) is 9.55 Å². The van der Waals surface area contributed by atoms with Crippen LogP contribution < -0.4 is 0 Å². The molecule has 2 aromatic heterocycles. The van der Waals surface area contributed by atoms with E-state index in [1.807, 2.05) is 62.4 Å². The smallest absolute Gasteiger partial charge is 0.156 e. The number of thiazole rings is 1. The number of para-hydroxylation sites is 1. The number of halogens is 2. The maximum absolute atomic E-state index is 9.68. The summed E-state index contributed by atoms with van der Waals surface area (Å²) in [4.78, 5) is 5.19. The van der Waals surface area contributed by atoms with Gasteiger partial charge < -0.3 is 4.57 Å². The normalized spacial score (nSPS) is 11.8. The molecule has 2 heterocycles. The molecular weight excluding hydrogens is 441 g/mol. The van der Waals surface area contributed by atoms with Gasteiger partial charge in [-0.15, -0.1) is 11.3 Å². The number of nitrogens with zero attached hydrogens (tertiary/aromatic N) is 3. The van der Waals surface area contributed by atoms with Gasteiger partial charge in [-0.1, -0.05) is 41.4 Å². The van der Waals surface area contributed by atoms with E-state index < -0.39 is 0 Å². The minimum atomic E-state index is 0.510. The van der Waals surface area contributed by atoms with Crippen LogP contribution in [0.1, 0.15) is 17.0 Å². The molecule has 0 fully saturated rings. The minimum Gasteiger partial charge on any atom is -0.316 e. The van der Waals surface area contributed by atoms with Crippen molar-refractivity contribution < 1.29 is 0 Å². The number of fused-ring (bicyclic) bond motifs is 1. The number of benzene rings is 2. The summed E-state index contributed by atoms with van der Waals surface area (Å²) in [5.74, 6) is 0. The Morgan fingerprint density at radius 3 is 2.72 bits per heavy atom. The van der Waals surface area contributed by atoms with E-state index in [9.17, 15) is 5.26 Å². The number of hydrogen-bond acceptors (Lipinski definition) is 4. The number of thioether (sulfide) groups is 1. The zero-order valence-corrected chi connectivity index (χ0v) is 18.8. The Morgan fingerprint density at radius 1 is 1.17 bits per heavy atom. The maximum atomic E-state index is 9.68. The fourth-order valence-electron chi connectivity index (χ4n) is 3.18. The molecule has 0 N–H and O–H groups in total. The SMILES string of the molecule is Cc1cc(C=C(C#N)Sc2nc3ccccc3s2)c(C)n1-c1cccc(Cl)c1Cl. The summed E-state index contributed by atoms with van der Waals surface area (Å²) in [6.07, 6.45) is 1.90. The molecule has 0 saturated carbocycles. The number of aryl methyl sites for hydroxylation is 1. The summed E-state index contributed by atoms with van der Waals surface area (Å²) in [6, 6.07) is 17.9. The molecule has 0 aliphatic carbocycles. The Kier molecular flexibility index (Phi) is 5.71. The van der Waals surface area contributed by atoms with E-state index >= 15 is 0 Å². The predicted octanol–water partition coefficient (Wildman–Crippen LogP) is 7.67. The Labute approximate surface area is 187 Å².